The zero-order valence-corrected chi connectivity index (χ0v) is 12.3. The third-order valence-corrected chi connectivity index (χ3v) is 4.11. The number of aromatic nitrogens is 1. The number of anilines is 1. The van der Waals surface area contributed by atoms with Crippen LogP contribution < -0.4 is 4.90 Å². The zero-order chi connectivity index (χ0) is 15.7. The van der Waals surface area contributed by atoms with Crippen LogP contribution in [0, 0.1) is 5.82 Å². The van der Waals surface area contributed by atoms with Gasteiger partial charge in [0.15, 0.2) is 5.78 Å². The second-order valence-electron chi connectivity index (χ2n) is 5.67. The molecule has 3 rings (SSSR count). The molecule has 1 fully saturated rings. The van der Waals surface area contributed by atoms with Gasteiger partial charge in [-0.05, 0) is 43.2 Å². The van der Waals surface area contributed by atoms with E-state index < -0.39 is 5.60 Å². The highest BCUT2D eigenvalue weighted by atomic mass is 19.1. The Morgan fingerprint density at radius 1 is 1.27 bits per heavy atom. The Morgan fingerprint density at radius 2 is 2.00 bits per heavy atom. The summed E-state index contributed by atoms with van der Waals surface area (Å²) in [6.07, 6.45) is 2.10. The Kier molecular flexibility index (Phi) is 3.66. The predicted molar refractivity (Wildman–Crippen MR) is 81.4 cm³/mol. The van der Waals surface area contributed by atoms with Crippen LogP contribution in [0.5, 0.6) is 0 Å². The van der Waals surface area contributed by atoms with E-state index in [1.54, 1.807) is 30.5 Å². The number of hydrogen-bond donors (Lipinski definition) is 1. The fraction of sp³-hybridized carbons (Fsp3) is 0.294. The van der Waals surface area contributed by atoms with Gasteiger partial charge in [0, 0.05) is 18.3 Å². The van der Waals surface area contributed by atoms with Crippen molar-refractivity contribution < 1.29 is 14.3 Å². The van der Waals surface area contributed by atoms with Crippen molar-refractivity contribution in [3.8, 4) is 0 Å². The zero-order valence-electron chi connectivity index (χ0n) is 12.3. The molecule has 2 aromatic rings. The van der Waals surface area contributed by atoms with Gasteiger partial charge in [0.05, 0.1) is 6.54 Å². The summed E-state index contributed by atoms with van der Waals surface area (Å²) in [5.41, 5.74) is 0.266. The van der Waals surface area contributed by atoms with Crippen LogP contribution in [-0.2, 0) is 5.60 Å². The first kappa shape index (κ1) is 14.7. The van der Waals surface area contributed by atoms with Crippen molar-refractivity contribution in [2.45, 2.75) is 18.9 Å². The quantitative estimate of drug-likeness (QED) is 0.885. The first-order valence-electron chi connectivity index (χ1n) is 7.18. The van der Waals surface area contributed by atoms with E-state index in [0.29, 0.717) is 30.6 Å². The van der Waals surface area contributed by atoms with Crippen LogP contribution in [0.4, 0.5) is 10.2 Å². The normalized spacial score (nSPS) is 21.1. The van der Waals surface area contributed by atoms with Gasteiger partial charge in [0.1, 0.15) is 17.2 Å². The lowest BCUT2D eigenvalue weighted by Gasteiger charge is -2.24. The molecule has 0 spiro atoms. The molecule has 0 radical (unpaired) electrons. The lowest BCUT2D eigenvalue weighted by molar-refractivity contribution is 0.0605. The van der Waals surface area contributed by atoms with Crippen molar-refractivity contribution in [1.29, 1.82) is 0 Å². The van der Waals surface area contributed by atoms with E-state index in [-0.39, 0.29) is 11.6 Å². The summed E-state index contributed by atoms with van der Waals surface area (Å²) in [6.45, 7) is 2.55. The van der Waals surface area contributed by atoms with E-state index in [9.17, 15) is 14.3 Å². The number of hydrogen-bond acceptors (Lipinski definition) is 4. The highest BCUT2D eigenvalue weighted by Gasteiger charge is 2.38. The topological polar surface area (TPSA) is 53.4 Å². The van der Waals surface area contributed by atoms with Crippen molar-refractivity contribution >= 4 is 11.6 Å². The molecule has 0 aliphatic carbocycles. The van der Waals surface area contributed by atoms with Crippen molar-refractivity contribution in [3.05, 3.63) is 59.5 Å². The fourth-order valence-corrected chi connectivity index (χ4v) is 2.77. The molecule has 1 atom stereocenters. The van der Waals surface area contributed by atoms with Gasteiger partial charge in [0.25, 0.3) is 0 Å². The smallest absolute Gasteiger partial charge is 0.161 e. The van der Waals surface area contributed by atoms with E-state index in [0.717, 1.165) is 5.82 Å². The number of carbonyl (C=O) groups is 1. The maximum absolute atomic E-state index is 13.0. The molecule has 1 aromatic carbocycles. The summed E-state index contributed by atoms with van der Waals surface area (Å²) >= 11 is 0. The van der Waals surface area contributed by atoms with Crippen LogP contribution in [-0.4, -0.2) is 29.0 Å². The molecule has 0 amide bonds. The van der Waals surface area contributed by atoms with Crippen LogP contribution in [0.1, 0.15) is 29.3 Å². The summed E-state index contributed by atoms with van der Waals surface area (Å²) < 4.78 is 13.0. The number of pyridine rings is 1. The summed E-state index contributed by atoms with van der Waals surface area (Å²) in [5, 5.41) is 10.8. The average Bonchev–Trinajstić information content (AvgIpc) is 2.91. The van der Waals surface area contributed by atoms with Gasteiger partial charge in [-0.15, -0.1) is 0 Å². The van der Waals surface area contributed by atoms with Gasteiger partial charge in [-0.2, -0.15) is 0 Å². The van der Waals surface area contributed by atoms with Crippen LogP contribution in [0.15, 0.2) is 42.6 Å². The highest BCUT2D eigenvalue weighted by Crippen LogP contribution is 2.34. The van der Waals surface area contributed by atoms with E-state index in [2.05, 4.69) is 4.98 Å². The van der Waals surface area contributed by atoms with Crippen LogP contribution in [0.3, 0.4) is 0 Å². The van der Waals surface area contributed by atoms with Crippen molar-refractivity contribution in [2.24, 2.45) is 0 Å². The molecule has 22 heavy (non-hydrogen) atoms. The van der Waals surface area contributed by atoms with Gasteiger partial charge in [-0.25, -0.2) is 9.37 Å². The Balaban J connectivity index is 1.79. The highest BCUT2D eigenvalue weighted by molar-refractivity contribution is 5.93. The standard InChI is InChI=1S/C17H17FN2O2/c1-12(21)13-2-7-16(19-10-13)20-9-8-17(22,11-20)14-3-5-15(18)6-4-14/h2-7,10,22H,8-9,11H2,1H3/t17-/m1/s1. The Hall–Kier alpha value is -2.27. The monoisotopic (exact) mass is 300 g/mol. The molecule has 114 valence electrons. The maximum atomic E-state index is 13.0. The molecule has 1 aliphatic heterocycles. The summed E-state index contributed by atoms with van der Waals surface area (Å²) in [4.78, 5) is 17.5. The van der Waals surface area contributed by atoms with Gasteiger partial charge < -0.3 is 10.0 Å². The fourth-order valence-electron chi connectivity index (χ4n) is 2.77. The number of benzene rings is 1. The predicted octanol–water partition coefficient (Wildman–Crippen LogP) is 2.52. The van der Waals surface area contributed by atoms with Gasteiger partial charge in [0.2, 0.25) is 0 Å². The molecule has 0 saturated carbocycles. The maximum Gasteiger partial charge on any atom is 0.161 e. The molecule has 1 N–H and O–H groups in total. The second-order valence-corrected chi connectivity index (χ2v) is 5.67. The lowest BCUT2D eigenvalue weighted by atomic mass is 9.93. The SMILES string of the molecule is CC(=O)c1ccc(N2CC[C@](O)(c3ccc(F)cc3)C2)nc1. The molecule has 0 bridgehead atoms. The van der Waals surface area contributed by atoms with E-state index >= 15 is 0 Å². The summed E-state index contributed by atoms with van der Waals surface area (Å²) in [5.74, 6) is 0.384. The number of carbonyl (C=O) groups excluding carboxylic acids is 1. The largest absolute Gasteiger partial charge is 0.383 e. The first-order chi connectivity index (χ1) is 10.5. The average molecular weight is 300 g/mol. The van der Waals surface area contributed by atoms with Crippen molar-refractivity contribution in [1.82, 2.24) is 4.98 Å². The Labute approximate surface area is 128 Å². The van der Waals surface area contributed by atoms with Gasteiger partial charge in [-0.3, -0.25) is 4.79 Å². The van der Waals surface area contributed by atoms with Gasteiger partial charge >= 0.3 is 0 Å². The number of halogens is 1. The Bertz CT molecular complexity index is 685. The molecule has 0 unspecified atom stereocenters. The second kappa shape index (κ2) is 5.50. The van der Waals surface area contributed by atoms with Crippen LogP contribution in [0.25, 0.3) is 0 Å². The number of ketones is 1. The molecule has 5 heteroatoms. The van der Waals surface area contributed by atoms with Crippen LogP contribution in [0.2, 0.25) is 0 Å². The first-order valence-corrected chi connectivity index (χ1v) is 7.18. The lowest BCUT2D eigenvalue weighted by Crippen LogP contribution is -2.31. The molecular formula is C17H17FN2O2. The third-order valence-electron chi connectivity index (χ3n) is 4.11. The van der Waals surface area contributed by atoms with Crippen molar-refractivity contribution in [3.63, 3.8) is 0 Å². The Morgan fingerprint density at radius 3 is 2.59 bits per heavy atom. The molecule has 1 aromatic heterocycles. The summed E-state index contributed by atoms with van der Waals surface area (Å²) in [7, 11) is 0. The third kappa shape index (κ3) is 2.72. The van der Waals surface area contributed by atoms with E-state index in [1.165, 1.54) is 19.1 Å². The molecule has 1 saturated heterocycles. The minimum Gasteiger partial charge on any atom is -0.383 e. The minimum absolute atomic E-state index is 0.0247. The van der Waals surface area contributed by atoms with Gasteiger partial charge in [-0.1, -0.05) is 12.1 Å². The number of aliphatic hydroxyl groups is 1. The number of rotatable bonds is 3. The molecule has 1 aliphatic rings. The van der Waals surface area contributed by atoms with Crippen molar-refractivity contribution in [2.75, 3.05) is 18.0 Å². The number of Topliss-reactive ketones (excluding diaryl/α,β-unsaturated/α-hetero) is 1. The molecular weight excluding hydrogens is 283 g/mol. The number of β-amino-alcohol motifs (C(OH)–C–C–N with tert-alkyl or cyclic N) is 1. The van der Waals surface area contributed by atoms with E-state index in [4.69, 9.17) is 0 Å². The molecule has 2 heterocycles. The molecule has 4 nitrogen and oxygen atoms in total. The van der Waals surface area contributed by atoms with E-state index in [1.807, 2.05) is 4.90 Å². The number of nitrogens with zero attached hydrogens (tertiary/aromatic N) is 2. The minimum atomic E-state index is -1.01. The van der Waals surface area contributed by atoms with Crippen LogP contribution >= 0.6 is 0 Å². The summed E-state index contributed by atoms with van der Waals surface area (Å²) in [6, 6.07) is 9.47.